The molecule has 3 unspecified atom stereocenters. The average Bonchev–Trinajstić information content (AvgIpc) is 2.96. The van der Waals surface area contributed by atoms with Gasteiger partial charge in [0.05, 0.1) is 6.54 Å². The molecule has 7 heteroatoms. The van der Waals surface area contributed by atoms with Crippen LogP contribution < -0.4 is 10.6 Å². The van der Waals surface area contributed by atoms with Gasteiger partial charge >= 0.3 is 0 Å². The van der Waals surface area contributed by atoms with E-state index in [1.54, 1.807) is 0 Å². The Morgan fingerprint density at radius 2 is 2.04 bits per heavy atom. The summed E-state index contributed by atoms with van der Waals surface area (Å²) in [7, 11) is 4.42. The fourth-order valence-electron chi connectivity index (χ4n) is 3.29. The molecule has 3 atom stereocenters. The molecule has 2 fully saturated rings. The van der Waals surface area contributed by atoms with Crippen LogP contribution in [-0.2, 0) is 0 Å². The molecule has 0 radical (unpaired) electrons. The van der Waals surface area contributed by atoms with E-state index in [2.05, 4.69) is 47.7 Å². The molecule has 2 N–H and O–H groups in total. The Balaban J connectivity index is 0.00000264. The van der Waals surface area contributed by atoms with Crippen LogP contribution in [0.4, 0.5) is 0 Å². The molecule has 1 saturated carbocycles. The maximum atomic E-state index is 4.86. The highest BCUT2D eigenvalue weighted by atomic mass is 127. The van der Waals surface area contributed by atoms with Gasteiger partial charge in [0.25, 0.3) is 0 Å². The molecule has 0 spiro atoms. The quantitative estimate of drug-likeness (QED) is 0.375. The number of likely N-dealkylation sites (N-methyl/N-ethyl adjacent to an activating group) is 2. The summed E-state index contributed by atoms with van der Waals surface area (Å²) in [6.45, 7) is 7.33. The molecule has 0 aromatic rings. The van der Waals surface area contributed by atoms with E-state index in [-0.39, 0.29) is 24.0 Å². The second kappa shape index (κ2) is 11.0. The Hall–Kier alpha value is 0.270. The summed E-state index contributed by atoms with van der Waals surface area (Å²) in [6, 6.07) is 1.11. The molecule has 2 aliphatic rings. The zero-order valence-electron chi connectivity index (χ0n) is 15.0. The molecule has 0 aromatic carbocycles. The van der Waals surface area contributed by atoms with Gasteiger partial charge in [0.2, 0.25) is 0 Å². The van der Waals surface area contributed by atoms with Crippen LogP contribution in [0.25, 0.3) is 0 Å². The minimum atomic E-state index is 0. The summed E-state index contributed by atoms with van der Waals surface area (Å²) in [4.78, 5) is 9.70. The SMILES string of the molecule is CCNC(=NCC1CN(C)CCN1C)NC1CCC(SC)C1.I. The molecule has 1 aliphatic carbocycles. The number of guanidine groups is 1. The maximum absolute atomic E-state index is 4.86. The van der Waals surface area contributed by atoms with Crippen molar-refractivity contribution in [3.05, 3.63) is 0 Å². The highest BCUT2D eigenvalue weighted by molar-refractivity contribution is 14.0. The Kier molecular flexibility index (Phi) is 10.2. The lowest BCUT2D eigenvalue weighted by Gasteiger charge is -2.37. The normalized spacial score (nSPS) is 30.1. The number of thioether (sulfide) groups is 1. The van der Waals surface area contributed by atoms with Gasteiger partial charge in [-0.3, -0.25) is 9.89 Å². The molecule has 1 heterocycles. The van der Waals surface area contributed by atoms with Crippen LogP contribution in [-0.4, -0.2) is 86.2 Å². The van der Waals surface area contributed by atoms with Gasteiger partial charge < -0.3 is 15.5 Å². The Morgan fingerprint density at radius 1 is 1.26 bits per heavy atom. The van der Waals surface area contributed by atoms with E-state index in [4.69, 9.17) is 4.99 Å². The lowest BCUT2D eigenvalue weighted by Crippen LogP contribution is -2.52. The van der Waals surface area contributed by atoms with Crippen molar-refractivity contribution in [3.63, 3.8) is 0 Å². The monoisotopic (exact) mass is 455 g/mol. The lowest BCUT2D eigenvalue weighted by molar-refractivity contribution is 0.119. The van der Waals surface area contributed by atoms with Crippen LogP contribution in [0, 0.1) is 0 Å². The van der Waals surface area contributed by atoms with Gasteiger partial charge in [-0.05, 0) is 46.5 Å². The topological polar surface area (TPSA) is 42.9 Å². The molecule has 0 aromatic heterocycles. The molecule has 2 rings (SSSR count). The van der Waals surface area contributed by atoms with Crippen molar-refractivity contribution in [1.82, 2.24) is 20.4 Å². The fraction of sp³-hybridized carbons (Fsp3) is 0.938. The number of piperazine rings is 1. The molecular formula is C16H34IN5S. The Morgan fingerprint density at radius 3 is 2.70 bits per heavy atom. The highest BCUT2D eigenvalue weighted by Gasteiger charge is 2.25. The van der Waals surface area contributed by atoms with E-state index in [1.807, 2.05) is 11.8 Å². The minimum Gasteiger partial charge on any atom is -0.357 e. The summed E-state index contributed by atoms with van der Waals surface area (Å²) >= 11 is 2.00. The first-order valence-corrected chi connectivity index (χ1v) is 9.87. The van der Waals surface area contributed by atoms with E-state index in [0.29, 0.717) is 12.1 Å². The van der Waals surface area contributed by atoms with Gasteiger partial charge in [0.15, 0.2) is 5.96 Å². The van der Waals surface area contributed by atoms with Gasteiger partial charge in [0.1, 0.15) is 0 Å². The number of nitrogens with one attached hydrogen (secondary N) is 2. The molecule has 1 saturated heterocycles. The van der Waals surface area contributed by atoms with Crippen molar-refractivity contribution >= 4 is 41.7 Å². The largest absolute Gasteiger partial charge is 0.357 e. The van der Waals surface area contributed by atoms with E-state index in [0.717, 1.165) is 43.9 Å². The first kappa shape index (κ1) is 21.3. The predicted molar refractivity (Wildman–Crippen MR) is 113 cm³/mol. The summed E-state index contributed by atoms with van der Waals surface area (Å²) in [6.07, 6.45) is 6.08. The van der Waals surface area contributed by atoms with Crippen molar-refractivity contribution in [3.8, 4) is 0 Å². The molecular weight excluding hydrogens is 421 g/mol. The highest BCUT2D eigenvalue weighted by Crippen LogP contribution is 2.28. The molecule has 0 amide bonds. The van der Waals surface area contributed by atoms with E-state index in [9.17, 15) is 0 Å². The average molecular weight is 455 g/mol. The fourth-order valence-corrected chi connectivity index (χ4v) is 4.09. The lowest BCUT2D eigenvalue weighted by atomic mass is 10.2. The zero-order chi connectivity index (χ0) is 15.9. The second-order valence-corrected chi connectivity index (χ2v) is 7.77. The second-order valence-electron chi connectivity index (χ2n) is 6.63. The number of nitrogens with zero attached hydrogens (tertiary/aromatic N) is 3. The third kappa shape index (κ3) is 6.96. The van der Waals surface area contributed by atoms with Gasteiger partial charge in [-0.1, -0.05) is 0 Å². The van der Waals surface area contributed by atoms with Crippen molar-refractivity contribution < 1.29 is 0 Å². The molecule has 5 nitrogen and oxygen atoms in total. The van der Waals surface area contributed by atoms with E-state index < -0.39 is 0 Å². The number of aliphatic imine (C=N–C) groups is 1. The van der Waals surface area contributed by atoms with Gasteiger partial charge in [-0.25, -0.2) is 0 Å². The van der Waals surface area contributed by atoms with Crippen molar-refractivity contribution in [2.45, 2.75) is 43.5 Å². The van der Waals surface area contributed by atoms with Crippen LogP contribution in [0.3, 0.4) is 0 Å². The van der Waals surface area contributed by atoms with Crippen LogP contribution in [0.5, 0.6) is 0 Å². The Bertz CT molecular complexity index is 368. The summed E-state index contributed by atoms with van der Waals surface area (Å²) in [5.74, 6) is 0.996. The van der Waals surface area contributed by atoms with Gasteiger partial charge in [-0.15, -0.1) is 24.0 Å². The van der Waals surface area contributed by atoms with Crippen LogP contribution >= 0.6 is 35.7 Å². The summed E-state index contributed by atoms with van der Waals surface area (Å²) in [5.41, 5.74) is 0. The minimum absolute atomic E-state index is 0. The molecule has 1 aliphatic heterocycles. The third-order valence-corrected chi connectivity index (χ3v) is 5.94. The first-order chi connectivity index (χ1) is 10.6. The molecule has 136 valence electrons. The van der Waals surface area contributed by atoms with Crippen LogP contribution in [0.1, 0.15) is 26.2 Å². The zero-order valence-corrected chi connectivity index (χ0v) is 18.2. The van der Waals surface area contributed by atoms with Crippen molar-refractivity contribution in [2.24, 2.45) is 4.99 Å². The first-order valence-electron chi connectivity index (χ1n) is 8.58. The standard InChI is InChI=1S/C16H33N5S.HI/c1-5-17-16(19-13-6-7-15(10-13)22-4)18-11-14-12-20(2)8-9-21(14)3;/h13-15H,5-12H2,1-4H3,(H2,17,18,19);1H. The van der Waals surface area contributed by atoms with Gasteiger partial charge in [-0.2, -0.15) is 11.8 Å². The predicted octanol–water partition coefficient (Wildman–Crippen LogP) is 1.69. The number of halogens is 1. The van der Waals surface area contributed by atoms with Crippen molar-refractivity contribution in [2.75, 3.05) is 53.1 Å². The van der Waals surface area contributed by atoms with Crippen LogP contribution in [0.15, 0.2) is 4.99 Å². The van der Waals surface area contributed by atoms with Gasteiger partial charge in [0, 0.05) is 43.5 Å². The molecule has 23 heavy (non-hydrogen) atoms. The maximum Gasteiger partial charge on any atom is 0.191 e. The number of hydrogen-bond acceptors (Lipinski definition) is 4. The number of rotatable bonds is 5. The molecule has 0 bridgehead atoms. The van der Waals surface area contributed by atoms with E-state index in [1.165, 1.54) is 19.3 Å². The smallest absolute Gasteiger partial charge is 0.191 e. The van der Waals surface area contributed by atoms with Crippen LogP contribution in [0.2, 0.25) is 0 Å². The summed E-state index contributed by atoms with van der Waals surface area (Å²) < 4.78 is 0. The van der Waals surface area contributed by atoms with Crippen molar-refractivity contribution in [1.29, 1.82) is 0 Å². The Labute approximate surface area is 163 Å². The third-order valence-electron chi connectivity index (χ3n) is 4.84. The summed E-state index contributed by atoms with van der Waals surface area (Å²) in [5, 5.41) is 7.87. The number of hydrogen-bond donors (Lipinski definition) is 2. The van der Waals surface area contributed by atoms with E-state index >= 15 is 0 Å².